The van der Waals surface area contributed by atoms with Gasteiger partial charge in [0, 0.05) is 0 Å². The standard InChI is InChI=1S/C16H27BrN2O4/c1-5-23-14(21)11(4)18-15(22)16(8-6-7-9-16)19-13(20)12(17)10(2)3/h10-12H,5-9H2,1-4H3,(H,18,22)(H,19,20). The normalized spacial score (nSPS) is 19.0. The quantitative estimate of drug-likeness (QED) is 0.513. The number of alkyl halides is 1. The van der Waals surface area contributed by atoms with E-state index < -0.39 is 17.6 Å². The van der Waals surface area contributed by atoms with Crippen LogP contribution in [0.5, 0.6) is 0 Å². The zero-order chi connectivity index (χ0) is 17.6. The Hall–Kier alpha value is -1.11. The molecule has 0 aromatic carbocycles. The van der Waals surface area contributed by atoms with Crippen molar-refractivity contribution in [3.63, 3.8) is 0 Å². The van der Waals surface area contributed by atoms with E-state index in [2.05, 4.69) is 26.6 Å². The molecule has 2 unspecified atom stereocenters. The van der Waals surface area contributed by atoms with E-state index in [9.17, 15) is 14.4 Å². The van der Waals surface area contributed by atoms with Crippen LogP contribution in [0.4, 0.5) is 0 Å². The highest BCUT2D eigenvalue weighted by Gasteiger charge is 2.44. The molecule has 23 heavy (non-hydrogen) atoms. The van der Waals surface area contributed by atoms with E-state index in [1.165, 1.54) is 0 Å². The van der Waals surface area contributed by atoms with Crippen molar-refractivity contribution in [2.45, 2.75) is 69.8 Å². The molecule has 0 heterocycles. The van der Waals surface area contributed by atoms with Crippen LogP contribution in [-0.2, 0) is 19.1 Å². The van der Waals surface area contributed by atoms with Crippen LogP contribution in [0, 0.1) is 5.92 Å². The number of halogens is 1. The largest absolute Gasteiger partial charge is 0.464 e. The molecular formula is C16H27BrN2O4. The Kier molecular flexibility index (Phi) is 7.51. The van der Waals surface area contributed by atoms with Gasteiger partial charge in [-0.25, -0.2) is 4.79 Å². The van der Waals surface area contributed by atoms with Gasteiger partial charge in [0.05, 0.1) is 11.4 Å². The minimum Gasteiger partial charge on any atom is -0.464 e. The lowest BCUT2D eigenvalue weighted by Crippen LogP contribution is -2.60. The lowest BCUT2D eigenvalue weighted by molar-refractivity contribution is -0.147. The second-order valence-electron chi connectivity index (χ2n) is 6.37. The molecule has 0 saturated heterocycles. The van der Waals surface area contributed by atoms with Gasteiger partial charge >= 0.3 is 5.97 Å². The molecule has 132 valence electrons. The third kappa shape index (κ3) is 5.19. The molecule has 1 aliphatic rings. The number of hydrogen-bond donors (Lipinski definition) is 2. The van der Waals surface area contributed by atoms with Crippen molar-refractivity contribution in [1.29, 1.82) is 0 Å². The number of nitrogens with one attached hydrogen (secondary N) is 2. The first kappa shape index (κ1) is 19.9. The van der Waals surface area contributed by atoms with E-state index in [1.54, 1.807) is 13.8 Å². The van der Waals surface area contributed by atoms with Crippen LogP contribution in [0.25, 0.3) is 0 Å². The molecule has 0 aromatic heterocycles. The zero-order valence-electron chi connectivity index (χ0n) is 14.3. The molecule has 0 aliphatic heterocycles. The topological polar surface area (TPSA) is 84.5 Å². The predicted molar refractivity (Wildman–Crippen MR) is 91.1 cm³/mol. The van der Waals surface area contributed by atoms with Gasteiger partial charge in [-0.3, -0.25) is 9.59 Å². The Morgan fingerprint density at radius 3 is 2.22 bits per heavy atom. The van der Waals surface area contributed by atoms with Crippen LogP contribution >= 0.6 is 15.9 Å². The van der Waals surface area contributed by atoms with E-state index in [0.29, 0.717) is 12.8 Å². The third-order valence-corrected chi connectivity index (χ3v) is 5.55. The summed E-state index contributed by atoms with van der Waals surface area (Å²) in [6.07, 6.45) is 2.90. The zero-order valence-corrected chi connectivity index (χ0v) is 15.9. The Balaban J connectivity index is 2.78. The second kappa shape index (κ2) is 8.66. The van der Waals surface area contributed by atoms with Crippen molar-refractivity contribution in [1.82, 2.24) is 10.6 Å². The first-order chi connectivity index (χ1) is 10.7. The fraction of sp³-hybridized carbons (Fsp3) is 0.812. The monoisotopic (exact) mass is 390 g/mol. The molecule has 1 fully saturated rings. The van der Waals surface area contributed by atoms with Gasteiger partial charge in [-0.2, -0.15) is 0 Å². The highest BCUT2D eigenvalue weighted by Crippen LogP contribution is 2.31. The fourth-order valence-corrected chi connectivity index (χ4v) is 2.77. The molecule has 2 N–H and O–H groups in total. The highest BCUT2D eigenvalue weighted by molar-refractivity contribution is 9.10. The van der Waals surface area contributed by atoms with E-state index >= 15 is 0 Å². The maximum atomic E-state index is 12.7. The smallest absolute Gasteiger partial charge is 0.328 e. The summed E-state index contributed by atoms with van der Waals surface area (Å²) in [6, 6.07) is -0.735. The van der Waals surface area contributed by atoms with Crippen LogP contribution in [0.1, 0.15) is 53.4 Å². The van der Waals surface area contributed by atoms with Crippen molar-refractivity contribution in [2.24, 2.45) is 5.92 Å². The first-order valence-electron chi connectivity index (χ1n) is 8.17. The number of hydrogen-bond acceptors (Lipinski definition) is 4. The number of carbonyl (C=O) groups is 3. The Labute approximate surface area is 146 Å². The lowest BCUT2D eigenvalue weighted by atomic mass is 9.95. The minimum absolute atomic E-state index is 0.120. The molecule has 0 bridgehead atoms. The number of ether oxygens (including phenoxy) is 1. The van der Waals surface area contributed by atoms with Crippen molar-refractivity contribution >= 4 is 33.7 Å². The van der Waals surface area contributed by atoms with Crippen LogP contribution in [-0.4, -0.2) is 40.8 Å². The Morgan fingerprint density at radius 1 is 1.17 bits per heavy atom. The third-order valence-electron chi connectivity index (χ3n) is 4.08. The summed E-state index contributed by atoms with van der Waals surface area (Å²) in [6.45, 7) is 7.43. The van der Waals surface area contributed by atoms with Gasteiger partial charge in [-0.1, -0.05) is 42.6 Å². The fourth-order valence-electron chi connectivity index (χ4n) is 2.66. The van der Waals surface area contributed by atoms with Crippen LogP contribution in [0.15, 0.2) is 0 Å². The van der Waals surface area contributed by atoms with Crippen molar-refractivity contribution < 1.29 is 19.1 Å². The van der Waals surface area contributed by atoms with Gasteiger partial charge in [0.1, 0.15) is 11.6 Å². The van der Waals surface area contributed by atoms with Crippen LogP contribution in [0.2, 0.25) is 0 Å². The summed E-state index contributed by atoms with van der Waals surface area (Å²) in [4.78, 5) is 36.3. The average Bonchev–Trinajstić information content (AvgIpc) is 2.96. The molecule has 6 nitrogen and oxygen atoms in total. The average molecular weight is 391 g/mol. The molecule has 1 aliphatic carbocycles. The van der Waals surface area contributed by atoms with E-state index in [4.69, 9.17) is 4.74 Å². The van der Waals surface area contributed by atoms with Crippen molar-refractivity contribution in [3.05, 3.63) is 0 Å². The molecule has 1 saturated carbocycles. The van der Waals surface area contributed by atoms with Crippen LogP contribution in [0.3, 0.4) is 0 Å². The van der Waals surface area contributed by atoms with Gasteiger partial charge in [0.25, 0.3) is 0 Å². The lowest BCUT2D eigenvalue weighted by Gasteiger charge is -2.31. The number of amides is 2. The number of esters is 1. The summed E-state index contributed by atoms with van der Waals surface area (Å²) < 4.78 is 4.90. The summed E-state index contributed by atoms with van der Waals surface area (Å²) in [5.41, 5.74) is -0.932. The summed E-state index contributed by atoms with van der Waals surface area (Å²) in [7, 11) is 0. The van der Waals surface area contributed by atoms with Crippen molar-refractivity contribution in [3.8, 4) is 0 Å². The highest BCUT2D eigenvalue weighted by atomic mass is 79.9. The minimum atomic E-state index is -0.932. The van der Waals surface area contributed by atoms with E-state index in [-0.39, 0.29) is 29.2 Å². The van der Waals surface area contributed by atoms with Gasteiger partial charge in [-0.15, -0.1) is 0 Å². The van der Waals surface area contributed by atoms with Crippen molar-refractivity contribution in [2.75, 3.05) is 6.61 Å². The number of rotatable bonds is 7. The molecule has 7 heteroatoms. The van der Waals surface area contributed by atoms with Crippen LogP contribution < -0.4 is 10.6 Å². The van der Waals surface area contributed by atoms with Gasteiger partial charge in [-0.05, 0) is 32.6 Å². The van der Waals surface area contributed by atoms with Gasteiger partial charge < -0.3 is 15.4 Å². The molecule has 1 rings (SSSR count). The Morgan fingerprint density at radius 2 is 1.74 bits per heavy atom. The maximum Gasteiger partial charge on any atom is 0.328 e. The second-order valence-corrected chi connectivity index (χ2v) is 7.36. The van der Waals surface area contributed by atoms with Gasteiger partial charge in [0.2, 0.25) is 11.8 Å². The number of carbonyl (C=O) groups excluding carboxylic acids is 3. The van der Waals surface area contributed by atoms with E-state index in [1.807, 2.05) is 13.8 Å². The Bertz CT molecular complexity index is 447. The van der Waals surface area contributed by atoms with Gasteiger partial charge in [0.15, 0.2) is 0 Å². The molecule has 0 spiro atoms. The molecule has 2 amide bonds. The summed E-state index contributed by atoms with van der Waals surface area (Å²) >= 11 is 3.36. The SMILES string of the molecule is CCOC(=O)C(C)NC(=O)C1(NC(=O)C(Br)C(C)C)CCCC1. The van der Waals surface area contributed by atoms with E-state index in [0.717, 1.165) is 12.8 Å². The molecular weight excluding hydrogens is 364 g/mol. The predicted octanol–water partition coefficient (Wildman–Crippen LogP) is 1.90. The summed E-state index contributed by atoms with van der Waals surface area (Å²) in [5.74, 6) is -0.857. The molecule has 0 radical (unpaired) electrons. The first-order valence-corrected chi connectivity index (χ1v) is 9.08. The molecule has 0 aromatic rings. The maximum absolute atomic E-state index is 12.7. The summed E-state index contributed by atoms with van der Waals surface area (Å²) in [5, 5.41) is 5.58. The molecule has 2 atom stereocenters.